The Morgan fingerprint density at radius 2 is 2.00 bits per heavy atom. The minimum atomic E-state index is -0.422. The number of aromatic amines is 1. The van der Waals surface area contributed by atoms with E-state index in [4.69, 9.17) is 5.73 Å². The Balaban J connectivity index is 0.00000176. The number of aryl methyl sites for hydroxylation is 1. The van der Waals surface area contributed by atoms with Crippen LogP contribution in [0.4, 0.5) is 10.3 Å². The van der Waals surface area contributed by atoms with Gasteiger partial charge in [-0.2, -0.15) is 0 Å². The molecule has 0 saturated heterocycles. The van der Waals surface area contributed by atoms with E-state index in [1.165, 1.54) is 23.9 Å². The quantitative estimate of drug-likeness (QED) is 0.535. The minimum Gasteiger partial charge on any atom is -0.411 e. The molecule has 0 aliphatic carbocycles. The maximum absolute atomic E-state index is 12.8. The number of hydrogen-bond donors (Lipinski definition) is 1. The summed E-state index contributed by atoms with van der Waals surface area (Å²) < 4.78 is 14.5. The fourth-order valence-corrected chi connectivity index (χ4v) is 2.83. The first-order valence-corrected chi connectivity index (χ1v) is 7.09. The number of aromatic nitrogens is 4. The number of H-pyrrole nitrogens is 1. The molecule has 3 rings (SSSR count). The molecule has 108 valence electrons. The van der Waals surface area contributed by atoms with Gasteiger partial charge in [0.25, 0.3) is 0 Å². The molecular formula is C13H11FLiN5OS. The molecule has 0 aliphatic heterocycles. The SMILES string of the molecule is Cn1c(SCc2ccc(F)cc2)nc2c(=O)[nH]c([NH-])nc21.[Li+]. The molecular weight excluding hydrogens is 300 g/mol. The summed E-state index contributed by atoms with van der Waals surface area (Å²) >= 11 is 1.42. The largest absolute Gasteiger partial charge is 1.00 e. The number of fused-ring (bicyclic) bond motifs is 1. The van der Waals surface area contributed by atoms with Crippen molar-refractivity contribution in [3.8, 4) is 0 Å². The molecule has 0 amide bonds. The number of rotatable bonds is 3. The molecule has 0 fully saturated rings. The van der Waals surface area contributed by atoms with Gasteiger partial charge in [-0.25, -0.2) is 9.37 Å². The average molecular weight is 311 g/mol. The van der Waals surface area contributed by atoms with Gasteiger partial charge in [0.1, 0.15) is 11.3 Å². The summed E-state index contributed by atoms with van der Waals surface area (Å²) in [4.78, 5) is 22.3. The average Bonchev–Trinajstić information content (AvgIpc) is 2.76. The third kappa shape index (κ3) is 3.19. The van der Waals surface area contributed by atoms with Crippen molar-refractivity contribution in [2.45, 2.75) is 10.9 Å². The van der Waals surface area contributed by atoms with E-state index in [-0.39, 0.29) is 36.1 Å². The summed E-state index contributed by atoms with van der Waals surface area (Å²) in [6.07, 6.45) is 0. The molecule has 0 radical (unpaired) electrons. The van der Waals surface area contributed by atoms with Crippen LogP contribution in [0.2, 0.25) is 0 Å². The van der Waals surface area contributed by atoms with Crippen LogP contribution in [-0.2, 0) is 12.8 Å². The first kappa shape index (κ1) is 16.6. The normalized spacial score (nSPS) is 10.6. The third-order valence-corrected chi connectivity index (χ3v) is 4.07. The predicted octanol–water partition coefficient (Wildman–Crippen LogP) is -0.224. The van der Waals surface area contributed by atoms with Crippen LogP contribution in [0.1, 0.15) is 5.56 Å². The van der Waals surface area contributed by atoms with Gasteiger partial charge in [0.2, 0.25) is 5.56 Å². The Morgan fingerprint density at radius 1 is 1.32 bits per heavy atom. The predicted molar refractivity (Wildman–Crippen MR) is 79.1 cm³/mol. The molecule has 22 heavy (non-hydrogen) atoms. The van der Waals surface area contributed by atoms with Crippen LogP contribution in [0.5, 0.6) is 0 Å². The number of imidazole rings is 1. The Hall–Kier alpha value is -1.75. The van der Waals surface area contributed by atoms with Crippen LogP contribution in [0.15, 0.2) is 34.2 Å². The van der Waals surface area contributed by atoms with Crippen LogP contribution in [0.3, 0.4) is 0 Å². The molecule has 0 saturated carbocycles. The number of thioether (sulfide) groups is 1. The molecule has 2 N–H and O–H groups in total. The molecule has 0 spiro atoms. The zero-order chi connectivity index (χ0) is 15.0. The summed E-state index contributed by atoms with van der Waals surface area (Å²) in [6, 6.07) is 6.22. The summed E-state index contributed by atoms with van der Waals surface area (Å²) in [5, 5.41) is 0.623. The van der Waals surface area contributed by atoms with E-state index in [0.717, 1.165) is 5.56 Å². The topological polar surface area (TPSA) is 87.4 Å². The van der Waals surface area contributed by atoms with Crippen molar-refractivity contribution in [2.75, 3.05) is 0 Å². The molecule has 2 aromatic heterocycles. The standard InChI is InChI=1S/C13H12FN5OS.Li/c1-19-10-9(11(20)18-12(15)17-10)16-13(19)21-6-7-2-4-8(14)5-3-7;/h2-5H,6H2,1H3,(H3,15,17,18,20);/q;+1/p-1. The Morgan fingerprint density at radius 3 is 2.68 bits per heavy atom. The number of benzene rings is 1. The third-order valence-electron chi connectivity index (χ3n) is 2.97. The van der Waals surface area contributed by atoms with Crippen LogP contribution >= 0.6 is 11.8 Å². The fourth-order valence-electron chi connectivity index (χ4n) is 1.91. The van der Waals surface area contributed by atoms with E-state index in [2.05, 4.69) is 15.0 Å². The number of nitrogens with one attached hydrogen (secondary N) is 2. The van der Waals surface area contributed by atoms with E-state index in [9.17, 15) is 9.18 Å². The Bertz CT molecular complexity index is 861. The molecule has 0 aliphatic rings. The monoisotopic (exact) mass is 311 g/mol. The molecule has 2 heterocycles. The van der Waals surface area contributed by atoms with Gasteiger partial charge in [-0.05, 0) is 17.7 Å². The van der Waals surface area contributed by atoms with Crippen molar-refractivity contribution in [1.29, 1.82) is 0 Å². The Kier molecular flexibility index (Phi) is 4.96. The van der Waals surface area contributed by atoms with Gasteiger partial charge in [0.15, 0.2) is 5.16 Å². The maximum atomic E-state index is 12.8. The van der Waals surface area contributed by atoms with Gasteiger partial charge in [-0.15, -0.1) is 0 Å². The second kappa shape index (κ2) is 6.56. The van der Waals surface area contributed by atoms with E-state index >= 15 is 0 Å². The first-order valence-electron chi connectivity index (χ1n) is 6.10. The number of hydrogen-bond acceptors (Lipinski definition) is 4. The number of nitrogens with zero attached hydrogens (tertiary/aromatic N) is 3. The van der Waals surface area contributed by atoms with E-state index in [0.29, 0.717) is 16.6 Å². The van der Waals surface area contributed by atoms with E-state index in [1.807, 2.05) is 0 Å². The van der Waals surface area contributed by atoms with Gasteiger partial charge in [0.05, 0.1) is 5.65 Å². The molecule has 0 unspecified atom stereocenters. The summed E-state index contributed by atoms with van der Waals surface area (Å²) in [7, 11) is 1.74. The van der Waals surface area contributed by atoms with Crippen molar-refractivity contribution in [3.63, 3.8) is 0 Å². The summed E-state index contributed by atoms with van der Waals surface area (Å²) in [5.74, 6) is 0.138. The zero-order valence-electron chi connectivity index (χ0n) is 12.1. The zero-order valence-corrected chi connectivity index (χ0v) is 12.9. The van der Waals surface area contributed by atoms with Gasteiger partial charge in [-0.3, -0.25) is 4.79 Å². The van der Waals surface area contributed by atoms with Crippen LogP contribution < -0.4 is 24.4 Å². The van der Waals surface area contributed by atoms with Crippen molar-refractivity contribution in [3.05, 3.63) is 51.7 Å². The molecule has 0 bridgehead atoms. The van der Waals surface area contributed by atoms with Crippen LogP contribution in [0.25, 0.3) is 16.9 Å². The molecule has 6 nitrogen and oxygen atoms in total. The van der Waals surface area contributed by atoms with Gasteiger partial charge >= 0.3 is 18.9 Å². The van der Waals surface area contributed by atoms with Crippen molar-refractivity contribution in [2.24, 2.45) is 7.05 Å². The maximum Gasteiger partial charge on any atom is 1.00 e. The van der Waals surface area contributed by atoms with Crippen LogP contribution in [0, 0.1) is 5.82 Å². The van der Waals surface area contributed by atoms with Crippen molar-refractivity contribution in [1.82, 2.24) is 19.5 Å². The van der Waals surface area contributed by atoms with Crippen molar-refractivity contribution < 1.29 is 23.3 Å². The van der Waals surface area contributed by atoms with Gasteiger partial charge < -0.3 is 20.3 Å². The summed E-state index contributed by atoms with van der Waals surface area (Å²) in [5.41, 5.74) is 8.56. The molecule has 3 aromatic rings. The van der Waals surface area contributed by atoms with Crippen LogP contribution in [-0.4, -0.2) is 19.5 Å². The number of halogens is 1. The van der Waals surface area contributed by atoms with E-state index in [1.54, 1.807) is 23.7 Å². The van der Waals surface area contributed by atoms with Gasteiger partial charge in [-0.1, -0.05) is 23.9 Å². The fraction of sp³-hybridized carbons (Fsp3) is 0.154. The second-order valence-corrected chi connectivity index (χ2v) is 5.40. The Labute approximate surface area is 141 Å². The molecule has 9 heteroatoms. The van der Waals surface area contributed by atoms with Crippen molar-refractivity contribution >= 4 is 28.9 Å². The first-order chi connectivity index (χ1) is 10.0. The molecule has 0 atom stereocenters. The summed E-state index contributed by atoms with van der Waals surface area (Å²) in [6.45, 7) is 0. The second-order valence-electron chi connectivity index (χ2n) is 4.46. The molecule has 1 aromatic carbocycles. The van der Waals surface area contributed by atoms with Gasteiger partial charge in [0, 0.05) is 18.7 Å². The smallest absolute Gasteiger partial charge is 0.411 e. The van der Waals surface area contributed by atoms with E-state index < -0.39 is 5.56 Å². The minimum absolute atomic E-state index is 0.